The Morgan fingerprint density at radius 2 is 2.15 bits per heavy atom. The first-order valence-corrected chi connectivity index (χ1v) is 11.4. The molecule has 2 aliphatic rings. The van der Waals surface area contributed by atoms with E-state index < -0.39 is 11.7 Å². The highest BCUT2D eigenvalue weighted by Crippen LogP contribution is 2.36. The number of hydrogen-bond donors (Lipinski definition) is 2. The van der Waals surface area contributed by atoms with Crippen LogP contribution >= 0.6 is 0 Å². The summed E-state index contributed by atoms with van der Waals surface area (Å²) in [5.74, 6) is 0.561. The van der Waals surface area contributed by atoms with Gasteiger partial charge in [-0.15, -0.1) is 0 Å². The number of carbonyl (C=O) groups excluding carboxylic acids is 1. The second-order valence-electron chi connectivity index (χ2n) is 8.84. The van der Waals surface area contributed by atoms with E-state index in [1.54, 1.807) is 7.11 Å². The van der Waals surface area contributed by atoms with Crippen molar-refractivity contribution in [1.29, 1.82) is 0 Å². The van der Waals surface area contributed by atoms with Crippen LogP contribution in [0.2, 0.25) is 0 Å². The Kier molecular flexibility index (Phi) is 5.70. The summed E-state index contributed by atoms with van der Waals surface area (Å²) in [6, 6.07) is 8.72. The monoisotopic (exact) mass is 449 g/mol. The number of halogens is 1. The van der Waals surface area contributed by atoms with E-state index in [9.17, 15) is 9.18 Å². The fourth-order valence-corrected chi connectivity index (χ4v) is 4.53. The number of aromatic nitrogens is 1. The molecule has 0 bridgehead atoms. The third-order valence-electron chi connectivity index (χ3n) is 6.52. The van der Waals surface area contributed by atoms with Gasteiger partial charge >= 0.3 is 0 Å². The minimum atomic E-state index is -0.587. The number of primary amides is 1. The maximum absolute atomic E-state index is 14.3. The van der Waals surface area contributed by atoms with Gasteiger partial charge < -0.3 is 25.1 Å². The molecule has 172 valence electrons. The Balaban J connectivity index is 1.35. The lowest BCUT2D eigenvalue weighted by Gasteiger charge is -2.31. The molecular weight excluding hydrogens is 421 g/mol. The Labute approximate surface area is 192 Å². The van der Waals surface area contributed by atoms with Gasteiger partial charge in [-0.2, -0.15) is 0 Å². The van der Waals surface area contributed by atoms with Crippen LogP contribution in [0.3, 0.4) is 0 Å². The van der Waals surface area contributed by atoms with Crippen molar-refractivity contribution in [3.63, 3.8) is 0 Å². The minimum Gasteiger partial charge on any atom is -0.497 e. The number of hydrogen-bond acceptors (Lipinski definition) is 4. The molecule has 1 aliphatic carbocycles. The molecule has 2 aromatic carbocycles. The van der Waals surface area contributed by atoms with Crippen LogP contribution in [0, 0.1) is 11.7 Å². The molecule has 3 N–H and O–H groups in total. The number of ether oxygens (including phenoxy) is 2. The molecular formula is C26H28FN3O3. The zero-order chi connectivity index (χ0) is 22.9. The normalized spacial score (nSPS) is 15.0. The molecule has 0 radical (unpaired) electrons. The zero-order valence-corrected chi connectivity index (χ0v) is 18.7. The number of nitrogens with zero attached hydrogens (tertiary/aromatic N) is 1. The maximum Gasteiger partial charge on any atom is 0.249 e. The Morgan fingerprint density at radius 1 is 1.30 bits per heavy atom. The summed E-state index contributed by atoms with van der Waals surface area (Å²) >= 11 is 0. The molecule has 33 heavy (non-hydrogen) atoms. The van der Waals surface area contributed by atoms with E-state index in [4.69, 9.17) is 15.2 Å². The molecule has 2 heterocycles. The number of rotatable bonds is 9. The van der Waals surface area contributed by atoms with Crippen molar-refractivity contribution in [2.45, 2.75) is 25.7 Å². The number of nitrogens with two attached hydrogens (primary N) is 1. The van der Waals surface area contributed by atoms with E-state index in [0.717, 1.165) is 42.9 Å². The highest BCUT2D eigenvalue weighted by Gasteiger charge is 2.28. The number of H-pyrrole nitrogens is 1. The summed E-state index contributed by atoms with van der Waals surface area (Å²) in [5, 5.41) is 1.18. The van der Waals surface area contributed by atoms with Crippen LogP contribution in [0.4, 0.5) is 4.39 Å². The van der Waals surface area contributed by atoms with Crippen molar-refractivity contribution in [3.8, 4) is 11.5 Å². The average molecular weight is 450 g/mol. The molecule has 1 saturated carbocycles. The molecule has 1 fully saturated rings. The first kappa shape index (κ1) is 21.4. The van der Waals surface area contributed by atoms with Gasteiger partial charge in [0, 0.05) is 35.8 Å². The van der Waals surface area contributed by atoms with E-state index in [2.05, 4.69) is 22.1 Å². The summed E-state index contributed by atoms with van der Waals surface area (Å²) in [6.45, 7) is 2.06. The Bertz CT molecular complexity index is 1230. The molecule has 1 aromatic heterocycles. The minimum absolute atomic E-state index is 0.106. The van der Waals surface area contributed by atoms with E-state index in [1.165, 1.54) is 35.9 Å². The number of methoxy groups -OCH3 is 1. The number of carbonyl (C=O) groups is 1. The number of aromatic amines is 1. The third kappa shape index (κ3) is 4.40. The predicted octanol–water partition coefficient (Wildman–Crippen LogP) is 4.49. The highest BCUT2D eigenvalue weighted by atomic mass is 19.1. The van der Waals surface area contributed by atoms with Gasteiger partial charge in [0.15, 0.2) is 11.6 Å². The van der Waals surface area contributed by atoms with Gasteiger partial charge in [0.25, 0.3) is 0 Å². The number of nitrogens with one attached hydrogen (secondary N) is 1. The Hall–Kier alpha value is -3.48. The van der Waals surface area contributed by atoms with Gasteiger partial charge in [-0.3, -0.25) is 4.79 Å². The summed E-state index contributed by atoms with van der Waals surface area (Å²) in [6.07, 6.45) is 8.26. The van der Waals surface area contributed by atoms with Crippen molar-refractivity contribution in [3.05, 3.63) is 64.7 Å². The summed E-state index contributed by atoms with van der Waals surface area (Å²) in [5.41, 5.74) is 9.56. The number of aryl methyl sites for hydroxylation is 1. The highest BCUT2D eigenvalue weighted by molar-refractivity contribution is 5.98. The van der Waals surface area contributed by atoms with Gasteiger partial charge in [0.2, 0.25) is 5.91 Å². The molecule has 5 rings (SSSR count). The molecule has 0 unspecified atom stereocenters. The molecule has 0 atom stereocenters. The van der Waals surface area contributed by atoms with Crippen molar-refractivity contribution in [1.82, 2.24) is 9.88 Å². The lowest BCUT2D eigenvalue weighted by Crippen LogP contribution is -2.31. The quantitative estimate of drug-likeness (QED) is 0.504. The van der Waals surface area contributed by atoms with Crippen LogP contribution in [0.15, 0.2) is 42.2 Å². The fourth-order valence-electron chi connectivity index (χ4n) is 4.53. The molecule has 3 aromatic rings. The number of amides is 1. The summed E-state index contributed by atoms with van der Waals surface area (Å²) < 4.78 is 25.4. The largest absolute Gasteiger partial charge is 0.497 e. The fraction of sp³-hybridized carbons (Fsp3) is 0.346. The van der Waals surface area contributed by atoms with Crippen LogP contribution in [0.5, 0.6) is 11.5 Å². The number of fused-ring (bicyclic) bond motifs is 2. The van der Waals surface area contributed by atoms with E-state index in [-0.39, 0.29) is 17.9 Å². The van der Waals surface area contributed by atoms with E-state index >= 15 is 0 Å². The second-order valence-corrected chi connectivity index (χ2v) is 8.84. The van der Waals surface area contributed by atoms with Crippen LogP contribution in [0.25, 0.3) is 17.0 Å². The molecule has 0 saturated heterocycles. The van der Waals surface area contributed by atoms with E-state index in [0.29, 0.717) is 11.5 Å². The SMILES string of the molecule is COc1ccc2[nH]cc(CCCN(CC3CC3)C3=Cc4c(C(N)=O)ccc(F)c4OC3)c2c1. The van der Waals surface area contributed by atoms with Gasteiger partial charge in [0.1, 0.15) is 12.4 Å². The molecule has 7 heteroatoms. The standard InChI is InChI=1S/C26H28FN3O3/c1-32-19-6-9-24-21(12-19)17(13-29-24)3-2-10-30(14-16-4-5-16)18-11-22-20(26(28)31)7-8-23(27)25(22)33-15-18/h6-9,11-13,16,29H,2-5,10,14-15H2,1H3,(H2,28,31). The van der Waals surface area contributed by atoms with Crippen molar-refractivity contribution < 1.29 is 18.7 Å². The second kappa shape index (κ2) is 8.81. The zero-order valence-electron chi connectivity index (χ0n) is 18.7. The molecule has 0 spiro atoms. The average Bonchev–Trinajstić information content (AvgIpc) is 3.56. The Morgan fingerprint density at radius 3 is 2.91 bits per heavy atom. The van der Waals surface area contributed by atoms with Gasteiger partial charge in [-0.25, -0.2) is 4.39 Å². The maximum atomic E-state index is 14.3. The van der Waals surface area contributed by atoms with Gasteiger partial charge in [-0.1, -0.05) is 0 Å². The van der Waals surface area contributed by atoms with Crippen molar-refractivity contribution in [2.24, 2.45) is 11.7 Å². The van der Waals surface area contributed by atoms with Crippen molar-refractivity contribution >= 4 is 22.9 Å². The predicted molar refractivity (Wildman–Crippen MR) is 126 cm³/mol. The van der Waals surface area contributed by atoms with Gasteiger partial charge in [-0.05, 0) is 73.6 Å². The van der Waals surface area contributed by atoms with Crippen LogP contribution in [0.1, 0.15) is 40.7 Å². The van der Waals surface area contributed by atoms with Gasteiger partial charge in [0.05, 0.1) is 18.4 Å². The first-order chi connectivity index (χ1) is 16.0. The summed E-state index contributed by atoms with van der Waals surface area (Å²) in [4.78, 5) is 17.6. The molecule has 1 amide bonds. The lowest BCUT2D eigenvalue weighted by molar-refractivity contribution is 0.0999. The third-order valence-corrected chi connectivity index (χ3v) is 6.52. The van der Waals surface area contributed by atoms with Crippen molar-refractivity contribution in [2.75, 3.05) is 26.8 Å². The lowest BCUT2D eigenvalue weighted by atomic mass is 10.0. The van der Waals surface area contributed by atoms with E-state index in [1.807, 2.05) is 18.2 Å². The molecule has 6 nitrogen and oxygen atoms in total. The number of benzene rings is 2. The van der Waals surface area contributed by atoms with Crippen LogP contribution in [-0.4, -0.2) is 42.6 Å². The smallest absolute Gasteiger partial charge is 0.249 e. The van der Waals surface area contributed by atoms with Crippen LogP contribution in [-0.2, 0) is 6.42 Å². The topological polar surface area (TPSA) is 80.6 Å². The first-order valence-electron chi connectivity index (χ1n) is 11.4. The molecule has 1 aliphatic heterocycles. The van der Waals surface area contributed by atoms with Crippen LogP contribution < -0.4 is 15.2 Å². The summed E-state index contributed by atoms with van der Waals surface area (Å²) in [7, 11) is 1.68.